The van der Waals surface area contributed by atoms with E-state index in [1.807, 2.05) is 6.20 Å². The molecule has 0 radical (unpaired) electrons. The van der Waals surface area contributed by atoms with Crippen molar-refractivity contribution in [3.63, 3.8) is 0 Å². The molecule has 2 aliphatic heterocycles. The van der Waals surface area contributed by atoms with Crippen molar-refractivity contribution >= 4 is 27.5 Å². The van der Waals surface area contributed by atoms with Crippen LogP contribution in [-0.2, 0) is 6.54 Å². The van der Waals surface area contributed by atoms with E-state index in [1.54, 1.807) is 11.5 Å². The lowest BCUT2D eigenvalue weighted by molar-refractivity contribution is 0.0461. The molecular formula is C12H18BrN3S. The molecule has 3 rings (SSSR count). The Balaban J connectivity index is 1.60. The van der Waals surface area contributed by atoms with E-state index in [9.17, 15) is 0 Å². The summed E-state index contributed by atoms with van der Waals surface area (Å²) in [6, 6.07) is 0.809. The number of hydrogen-bond donors (Lipinski definition) is 0. The van der Waals surface area contributed by atoms with Crippen LogP contribution in [0, 0.1) is 0 Å². The maximum absolute atomic E-state index is 4.23. The van der Waals surface area contributed by atoms with Gasteiger partial charge in [-0.25, -0.2) is 0 Å². The monoisotopic (exact) mass is 315 g/mol. The molecule has 0 N–H and O–H groups in total. The summed E-state index contributed by atoms with van der Waals surface area (Å²) in [6.45, 7) is 6.09. The third-order valence-corrected chi connectivity index (χ3v) is 5.61. The first-order valence-electron chi connectivity index (χ1n) is 6.38. The first kappa shape index (κ1) is 12.1. The van der Waals surface area contributed by atoms with Gasteiger partial charge in [0.2, 0.25) is 0 Å². The fourth-order valence-electron chi connectivity index (χ4n) is 2.92. The SMILES string of the molecule is Brc1cnsc1CN1CCN2CCCCC2C1. The zero-order valence-corrected chi connectivity index (χ0v) is 12.3. The van der Waals surface area contributed by atoms with Crippen LogP contribution in [0.25, 0.3) is 0 Å². The van der Waals surface area contributed by atoms with Crippen LogP contribution in [0.2, 0.25) is 0 Å². The third kappa shape index (κ3) is 2.72. The van der Waals surface area contributed by atoms with E-state index in [0.717, 1.165) is 12.6 Å². The van der Waals surface area contributed by atoms with Crippen molar-refractivity contribution in [3.05, 3.63) is 15.5 Å². The number of hydrogen-bond acceptors (Lipinski definition) is 4. The molecule has 1 atom stereocenters. The first-order chi connectivity index (χ1) is 8.33. The molecule has 0 amide bonds. The lowest BCUT2D eigenvalue weighted by Crippen LogP contribution is -2.54. The second-order valence-electron chi connectivity index (χ2n) is 5.02. The van der Waals surface area contributed by atoms with E-state index in [4.69, 9.17) is 0 Å². The van der Waals surface area contributed by atoms with Gasteiger partial charge in [0, 0.05) is 32.2 Å². The number of aromatic nitrogens is 1. The molecule has 0 aromatic carbocycles. The fourth-order valence-corrected chi connectivity index (χ4v) is 4.17. The van der Waals surface area contributed by atoms with Crippen molar-refractivity contribution in [1.82, 2.24) is 14.2 Å². The van der Waals surface area contributed by atoms with Crippen molar-refractivity contribution in [2.45, 2.75) is 31.8 Å². The van der Waals surface area contributed by atoms with E-state index in [1.165, 1.54) is 54.8 Å². The predicted molar refractivity (Wildman–Crippen MR) is 74.3 cm³/mol. The summed E-state index contributed by atoms with van der Waals surface area (Å²) in [7, 11) is 0. The average Bonchev–Trinajstić information content (AvgIpc) is 2.75. The molecule has 0 spiro atoms. The Labute approximate surface area is 115 Å². The predicted octanol–water partition coefficient (Wildman–Crippen LogP) is 2.58. The maximum Gasteiger partial charge on any atom is 0.0552 e. The van der Waals surface area contributed by atoms with Gasteiger partial charge < -0.3 is 0 Å². The Morgan fingerprint density at radius 2 is 2.29 bits per heavy atom. The highest BCUT2D eigenvalue weighted by Gasteiger charge is 2.29. The molecule has 1 aromatic heterocycles. The Kier molecular flexibility index (Phi) is 3.80. The molecule has 1 unspecified atom stereocenters. The number of piperidine rings is 1. The van der Waals surface area contributed by atoms with Gasteiger partial charge in [0.15, 0.2) is 0 Å². The van der Waals surface area contributed by atoms with Gasteiger partial charge in [0.25, 0.3) is 0 Å². The van der Waals surface area contributed by atoms with E-state index in [-0.39, 0.29) is 0 Å². The van der Waals surface area contributed by atoms with Crippen LogP contribution in [0.3, 0.4) is 0 Å². The lowest BCUT2D eigenvalue weighted by atomic mass is 9.99. The first-order valence-corrected chi connectivity index (χ1v) is 7.95. The van der Waals surface area contributed by atoms with Crippen LogP contribution in [-0.4, -0.2) is 46.4 Å². The van der Waals surface area contributed by atoms with Crippen LogP contribution in [0.15, 0.2) is 10.7 Å². The van der Waals surface area contributed by atoms with Gasteiger partial charge in [-0.15, -0.1) is 0 Å². The summed E-state index contributed by atoms with van der Waals surface area (Å²) in [5, 5.41) is 0. The highest BCUT2D eigenvalue weighted by Crippen LogP contribution is 2.25. The van der Waals surface area contributed by atoms with Crippen LogP contribution in [0.5, 0.6) is 0 Å². The molecule has 0 aliphatic carbocycles. The Bertz CT molecular complexity index is 382. The minimum atomic E-state index is 0.809. The van der Waals surface area contributed by atoms with Gasteiger partial charge in [0.05, 0.1) is 15.5 Å². The van der Waals surface area contributed by atoms with Crippen LogP contribution >= 0.6 is 27.5 Å². The normalized spacial score (nSPS) is 27.0. The number of rotatable bonds is 2. The topological polar surface area (TPSA) is 19.4 Å². The molecule has 3 nitrogen and oxygen atoms in total. The lowest BCUT2D eigenvalue weighted by Gasteiger charge is -2.44. The highest BCUT2D eigenvalue weighted by molar-refractivity contribution is 9.10. The second kappa shape index (κ2) is 5.34. The molecule has 0 saturated carbocycles. The van der Waals surface area contributed by atoms with E-state index >= 15 is 0 Å². The molecule has 2 aliphatic rings. The van der Waals surface area contributed by atoms with Crippen molar-refractivity contribution < 1.29 is 0 Å². The zero-order chi connectivity index (χ0) is 11.7. The quantitative estimate of drug-likeness (QED) is 0.836. The van der Waals surface area contributed by atoms with Crippen LogP contribution in [0.1, 0.15) is 24.1 Å². The smallest absolute Gasteiger partial charge is 0.0552 e. The fraction of sp³-hybridized carbons (Fsp3) is 0.750. The molecule has 17 heavy (non-hydrogen) atoms. The van der Waals surface area contributed by atoms with Crippen molar-refractivity contribution in [1.29, 1.82) is 0 Å². The third-order valence-electron chi connectivity index (χ3n) is 3.88. The standard InChI is InChI=1S/C12H18BrN3S/c13-11-7-14-17-12(11)9-15-5-6-16-4-2-1-3-10(16)8-15/h7,10H,1-6,8-9H2. The summed E-state index contributed by atoms with van der Waals surface area (Å²) in [4.78, 5) is 6.64. The van der Waals surface area contributed by atoms with Crippen LogP contribution in [0.4, 0.5) is 0 Å². The minimum Gasteiger partial charge on any atom is -0.298 e. The molecule has 2 saturated heterocycles. The zero-order valence-electron chi connectivity index (χ0n) is 9.94. The molecular weight excluding hydrogens is 298 g/mol. The Hall–Kier alpha value is 0.0300. The molecule has 2 fully saturated rings. The van der Waals surface area contributed by atoms with Crippen molar-refractivity contribution in [3.8, 4) is 0 Å². The molecule has 0 bridgehead atoms. The van der Waals surface area contributed by atoms with Gasteiger partial charge in [-0.3, -0.25) is 9.80 Å². The number of halogens is 1. The summed E-state index contributed by atoms with van der Waals surface area (Å²) < 4.78 is 5.40. The molecule has 5 heteroatoms. The van der Waals surface area contributed by atoms with Gasteiger partial charge in [-0.1, -0.05) is 6.42 Å². The minimum absolute atomic E-state index is 0.809. The summed E-state index contributed by atoms with van der Waals surface area (Å²) in [6.07, 6.45) is 6.12. The molecule has 1 aromatic rings. The largest absolute Gasteiger partial charge is 0.298 e. The number of piperazine rings is 1. The van der Waals surface area contributed by atoms with Gasteiger partial charge in [-0.05, 0) is 46.8 Å². The second-order valence-corrected chi connectivity index (χ2v) is 6.76. The van der Waals surface area contributed by atoms with E-state index < -0.39 is 0 Å². The van der Waals surface area contributed by atoms with Gasteiger partial charge in [0.1, 0.15) is 0 Å². The Morgan fingerprint density at radius 1 is 1.35 bits per heavy atom. The summed E-state index contributed by atoms with van der Waals surface area (Å²) in [5.74, 6) is 0. The Morgan fingerprint density at radius 3 is 3.12 bits per heavy atom. The van der Waals surface area contributed by atoms with Crippen molar-refractivity contribution in [2.24, 2.45) is 0 Å². The maximum atomic E-state index is 4.23. The average molecular weight is 316 g/mol. The number of nitrogens with zero attached hydrogens (tertiary/aromatic N) is 3. The summed E-state index contributed by atoms with van der Waals surface area (Å²) >= 11 is 5.19. The van der Waals surface area contributed by atoms with Gasteiger partial charge in [-0.2, -0.15) is 4.37 Å². The number of fused-ring (bicyclic) bond motifs is 1. The molecule has 94 valence electrons. The molecule has 3 heterocycles. The highest BCUT2D eigenvalue weighted by atomic mass is 79.9. The van der Waals surface area contributed by atoms with E-state index in [0.29, 0.717) is 0 Å². The summed E-state index contributed by atoms with van der Waals surface area (Å²) in [5.41, 5.74) is 0. The van der Waals surface area contributed by atoms with Crippen molar-refractivity contribution in [2.75, 3.05) is 26.2 Å². The van der Waals surface area contributed by atoms with Crippen LogP contribution < -0.4 is 0 Å². The van der Waals surface area contributed by atoms with Gasteiger partial charge >= 0.3 is 0 Å². The van der Waals surface area contributed by atoms with E-state index in [2.05, 4.69) is 30.1 Å².